The van der Waals surface area contributed by atoms with Crippen LogP contribution in [0.25, 0.3) is 0 Å². The minimum Gasteiger partial charge on any atom is -0.340 e. The molecule has 144 valence electrons. The van der Waals surface area contributed by atoms with Gasteiger partial charge >= 0.3 is 6.03 Å². The number of aromatic nitrogens is 1. The fourth-order valence-electron chi connectivity index (χ4n) is 3.34. The molecule has 0 bridgehead atoms. The number of pyridine rings is 1. The summed E-state index contributed by atoms with van der Waals surface area (Å²) >= 11 is 0. The molecular weight excluding hydrogens is 336 g/mol. The smallest absolute Gasteiger partial charge is 0.319 e. The number of hydrogen-bond acceptors (Lipinski definition) is 3. The summed E-state index contributed by atoms with van der Waals surface area (Å²) in [5.41, 5.74) is 3.12. The Morgan fingerprint density at radius 2 is 1.63 bits per heavy atom. The summed E-state index contributed by atoms with van der Waals surface area (Å²) < 4.78 is 0. The summed E-state index contributed by atoms with van der Waals surface area (Å²) in [4.78, 5) is 16.5. The van der Waals surface area contributed by atoms with E-state index in [0.717, 1.165) is 24.3 Å². The normalized spacial score (nSPS) is 15.2. The summed E-state index contributed by atoms with van der Waals surface area (Å²) in [5, 5.41) is 9.20. The largest absolute Gasteiger partial charge is 0.340 e. The van der Waals surface area contributed by atoms with Crippen molar-refractivity contribution in [3.63, 3.8) is 0 Å². The van der Waals surface area contributed by atoms with Crippen LogP contribution in [-0.2, 0) is 5.41 Å². The molecule has 0 radical (unpaired) electrons. The third-order valence-electron chi connectivity index (χ3n) is 4.99. The van der Waals surface area contributed by atoms with E-state index in [1.54, 1.807) is 6.20 Å². The van der Waals surface area contributed by atoms with Crippen molar-refractivity contribution in [2.45, 2.75) is 64.3 Å². The van der Waals surface area contributed by atoms with Gasteiger partial charge < -0.3 is 16.0 Å². The average Bonchev–Trinajstić information content (AvgIpc) is 2.64. The molecule has 5 heteroatoms. The zero-order chi connectivity index (χ0) is 19.3. The van der Waals surface area contributed by atoms with Crippen molar-refractivity contribution in [1.29, 1.82) is 0 Å². The summed E-state index contributed by atoms with van der Waals surface area (Å²) in [6.07, 6.45) is 7.49. The molecule has 1 aliphatic rings. The number of hydrogen-bond donors (Lipinski definition) is 3. The van der Waals surface area contributed by atoms with Crippen molar-refractivity contribution in [3.8, 4) is 0 Å². The molecule has 1 heterocycles. The number of carbonyl (C=O) groups is 1. The van der Waals surface area contributed by atoms with Gasteiger partial charge in [-0.1, -0.05) is 52.2 Å². The maximum atomic E-state index is 12.1. The lowest BCUT2D eigenvalue weighted by molar-refractivity contribution is 0.244. The summed E-state index contributed by atoms with van der Waals surface area (Å²) in [6, 6.07) is 12.3. The van der Waals surface area contributed by atoms with Gasteiger partial charge in [0.05, 0.1) is 11.9 Å². The number of benzene rings is 1. The van der Waals surface area contributed by atoms with E-state index in [4.69, 9.17) is 0 Å². The Hall–Kier alpha value is -2.56. The van der Waals surface area contributed by atoms with Gasteiger partial charge in [-0.15, -0.1) is 0 Å². The van der Waals surface area contributed by atoms with E-state index in [-0.39, 0.29) is 11.4 Å². The average molecular weight is 367 g/mol. The zero-order valence-corrected chi connectivity index (χ0v) is 16.5. The number of amides is 2. The summed E-state index contributed by atoms with van der Waals surface area (Å²) in [7, 11) is 0. The third-order valence-corrected chi connectivity index (χ3v) is 4.99. The Balaban J connectivity index is 1.53. The van der Waals surface area contributed by atoms with Crippen LogP contribution in [-0.4, -0.2) is 17.1 Å². The molecule has 0 saturated heterocycles. The number of carbonyl (C=O) groups excluding carboxylic acids is 1. The molecule has 0 unspecified atom stereocenters. The van der Waals surface area contributed by atoms with Crippen LogP contribution in [0.15, 0.2) is 42.6 Å². The lowest BCUT2D eigenvalue weighted by Gasteiger charge is -2.22. The molecule has 1 aromatic heterocycles. The minimum absolute atomic E-state index is 0.141. The number of nitrogens with one attached hydrogen (secondary N) is 3. The molecule has 0 aliphatic heterocycles. The molecule has 2 amide bonds. The van der Waals surface area contributed by atoms with Gasteiger partial charge in [0.25, 0.3) is 0 Å². The first-order valence-corrected chi connectivity index (χ1v) is 9.81. The van der Waals surface area contributed by atoms with Crippen LogP contribution in [0.2, 0.25) is 0 Å². The van der Waals surface area contributed by atoms with Crippen molar-refractivity contribution in [3.05, 3.63) is 48.2 Å². The number of rotatable bonds is 4. The van der Waals surface area contributed by atoms with Crippen LogP contribution in [0.5, 0.6) is 0 Å². The van der Waals surface area contributed by atoms with Gasteiger partial charge in [-0.05, 0) is 48.1 Å². The molecule has 1 aliphatic carbocycles. The van der Waals surface area contributed by atoms with E-state index in [0.29, 0.717) is 11.7 Å². The minimum atomic E-state index is -0.151. The van der Waals surface area contributed by atoms with Gasteiger partial charge in [0.2, 0.25) is 0 Å². The van der Waals surface area contributed by atoms with Gasteiger partial charge in [-0.25, -0.2) is 9.78 Å². The molecule has 5 nitrogen and oxygen atoms in total. The first-order valence-electron chi connectivity index (χ1n) is 9.81. The highest BCUT2D eigenvalue weighted by Crippen LogP contribution is 2.24. The van der Waals surface area contributed by atoms with Crippen molar-refractivity contribution < 1.29 is 4.79 Å². The van der Waals surface area contributed by atoms with Gasteiger partial charge in [0.1, 0.15) is 5.82 Å². The first-order chi connectivity index (χ1) is 12.9. The van der Waals surface area contributed by atoms with E-state index in [1.165, 1.54) is 24.8 Å². The van der Waals surface area contributed by atoms with Crippen molar-refractivity contribution in [2.24, 2.45) is 0 Å². The Bertz CT molecular complexity index is 741. The third kappa shape index (κ3) is 5.71. The second kappa shape index (κ2) is 8.42. The second-order valence-corrected chi connectivity index (χ2v) is 8.32. The van der Waals surface area contributed by atoms with Crippen LogP contribution in [0, 0.1) is 0 Å². The van der Waals surface area contributed by atoms with Gasteiger partial charge in [-0.3, -0.25) is 0 Å². The predicted molar refractivity (Wildman–Crippen MR) is 112 cm³/mol. The molecule has 27 heavy (non-hydrogen) atoms. The predicted octanol–water partition coefficient (Wildman–Crippen LogP) is 5.58. The van der Waals surface area contributed by atoms with Crippen LogP contribution < -0.4 is 16.0 Å². The van der Waals surface area contributed by atoms with Crippen molar-refractivity contribution >= 4 is 23.2 Å². The molecule has 1 saturated carbocycles. The quantitative estimate of drug-likeness (QED) is 0.662. The Morgan fingerprint density at radius 3 is 2.22 bits per heavy atom. The summed E-state index contributed by atoms with van der Waals surface area (Å²) in [6.45, 7) is 6.60. The van der Waals surface area contributed by atoms with E-state index in [2.05, 4.69) is 66.0 Å². The van der Waals surface area contributed by atoms with Crippen molar-refractivity contribution in [2.75, 3.05) is 10.6 Å². The molecule has 3 N–H and O–H groups in total. The zero-order valence-electron chi connectivity index (χ0n) is 16.5. The molecule has 2 aromatic rings. The standard InChI is InChI=1S/C22H30N4O/c1-22(2,3)16-9-11-18(12-10-16)24-20-14-13-19(15-23-20)26-21(27)25-17-7-5-4-6-8-17/h9-15,17H,4-8H2,1-3H3,(H,23,24)(H2,25,26,27). The molecule has 1 aromatic carbocycles. The first kappa shape index (κ1) is 19.2. The Labute approximate surface area is 162 Å². The van der Waals surface area contributed by atoms with Crippen LogP contribution >= 0.6 is 0 Å². The lowest BCUT2D eigenvalue weighted by atomic mass is 9.87. The van der Waals surface area contributed by atoms with E-state index in [1.807, 2.05) is 12.1 Å². The van der Waals surface area contributed by atoms with Gasteiger partial charge in [0.15, 0.2) is 0 Å². The van der Waals surface area contributed by atoms with Crippen LogP contribution in [0.3, 0.4) is 0 Å². The highest BCUT2D eigenvalue weighted by atomic mass is 16.2. The van der Waals surface area contributed by atoms with E-state index < -0.39 is 0 Å². The maximum Gasteiger partial charge on any atom is 0.319 e. The van der Waals surface area contributed by atoms with Crippen molar-refractivity contribution in [1.82, 2.24) is 10.3 Å². The fraction of sp³-hybridized carbons (Fsp3) is 0.455. The van der Waals surface area contributed by atoms with E-state index >= 15 is 0 Å². The van der Waals surface area contributed by atoms with E-state index in [9.17, 15) is 4.79 Å². The van der Waals surface area contributed by atoms with Crippen LogP contribution in [0.4, 0.5) is 22.0 Å². The molecule has 0 atom stereocenters. The highest BCUT2D eigenvalue weighted by Gasteiger charge is 2.15. The Kier molecular flexibility index (Phi) is 5.99. The number of urea groups is 1. The highest BCUT2D eigenvalue weighted by molar-refractivity contribution is 5.89. The molecule has 3 rings (SSSR count). The van der Waals surface area contributed by atoms with Gasteiger partial charge in [-0.2, -0.15) is 0 Å². The summed E-state index contributed by atoms with van der Waals surface area (Å²) in [5.74, 6) is 0.747. The Morgan fingerprint density at radius 1 is 0.963 bits per heavy atom. The number of nitrogens with zero attached hydrogens (tertiary/aromatic N) is 1. The monoisotopic (exact) mass is 366 g/mol. The van der Waals surface area contributed by atoms with Gasteiger partial charge in [0, 0.05) is 11.7 Å². The second-order valence-electron chi connectivity index (χ2n) is 8.32. The maximum absolute atomic E-state index is 12.1. The molecular formula is C22H30N4O. The SMILES string of the molecule is CC(C)(C)c1ccc(Nc2ccc(NC(=O)NC3CCCCC3)cn2)cc1. The lowest BCUT2D eigenvalue weighted by Crippen LogP contribution is -2.39. The van der Waals surface area contributed by atoms with Crippen LogP contribution in [0.1, 0.15) is 58.4 Å². The molecule has 0 spiro atoms. The number of anilines is 3. The molecule has 1 fully saturated rings. The fourth-order valence-corrected chi connectivity index (χ4v) is 3.34. The topological polar surface area (TPSA) is 66.0 Å².